The van der Waals surface area contributed by atoms with E-state index < -0.39 is 0 Å². The predicted molar refractivity (Wildman–Crippen MR) is 94.5 cm³/mol. The fourth-order valence-electron chi connectivity index (χ4n) is 3.63. The highest BCUT2D eigenvalue weighted by Gasteiger charge is 2.48. The van der Waals surface area contributed by atoms with Crippen LogP contribution < -0.4 is 4.90 Å². The standard InChI is InChI=1S/C19H24N4O2/c1-14-7-16(10-20-9-14)11-24-17-5-6-25-19(8-17)12-23(13-19)18-4-3-15(2)21-22-18/h3-4,7,9-10,17H,5-6,8,11-13H2,1-2H3/t17-/m1/s1. The molecule has 2 fully saturated rings. The number of rotatable bonds is 4. The molecular formula is C19H24N4O2. The van der Waals surface area contributed by atoms with Crippen molar-refractivity contribution in [1.82, 2.24) is 15.2 Å². The summed E-state index contributed by atoms with van der Waals surface area (Å²) in [5.41, 5.74) is 3.14. The Hall–Kier alpha value is -2.05. The summed E-state index contributed by atoms with van der Waals surface area (Å²) in [7, 11) is 0. The van der Waals surface area contributed by atoms with Crippen LogP contribution in [0, 0.1) is 13.8 Å². The Balaban J connectivity index is 1.32. The molecule has 1 spiro atoms. The molecular weight excluding hydrogens is 316 g/mol. The first-order chi connectivity index (χ1) is 12.1. The van der Waals surface area contributed by atoms with E-state index in [0.717, 1.165) is 49.6 Å². The second kappa shape index (κ2) is 6.69. The van der Waals surface area contributed by atoms with Crippen molar-refractivity contribution in [2.24, 2.45) is 0 Å². The van der Waals surface area contributed by atoms with Crippen LogP contribution in [0.4, 0.5) is 5.82 Å². The van der Waals surface area contributed by atoms with Gasteiger partial charge in [-0.15, -0.1) is 5.10 Å². The Labute approximate surface area is 148 Å². The zero-order valence-corrected chi connectivity index (χ0v) is 14.8. The van der Waals surface area contributed by atoms with Crippen molar-refractivity contribution in [2.45, 2.75) is 45.0 Å². The van der Waals surface area contributed by atoms with E-state index >= 15 is 0 Å². The van der Waals surface area contributed by atoms with E-state index in [0.29, 0.717) is 6.61 Å². The van der Waals surface area contributed by atoms with Crippen LogP contribution >= 0.6 is 0 Å². The van der Waals surface area contributed by atoms with Crippen molar-refractivity contribution < 1.29 is 9.47 Å². The largest absolute Gasteiger partial charge is 0.373 e. The summed E-state index contributed by atoms with van der Waals surface area (Å²) < 4.78 is 12.2. The van der Waals surface area contributed by atoms with Gasteiger partial charge in [0.05, 0.1) is 31.5 Å². The lowest BCUT2D eigenvalue weighted by atomic mass is 9.84. The summed E-state index contributed by atoms with van der Waals surface area (Å²) in [6, 6.07) is 6.15. The number of hydrogen-bond donors (Lipinski definition) is 0. The highest BCUT2D eigenvalue weighted by atomic mass is 16.5. The van der Waals surface area contributed by atoms with Crippen LogP contribution in [0.15, 0.2) is 30.6 Å². The Kier molecular flexibility index (Phi) is 4.39. The quantitative estimate of drug-likeness (QED) is 0.852. The zero-order valence-electron chi connectivity index (χ0n) is 14.8. The monoisotopic (exact) mass is 340 g/mol. The fourth-order valence-corrected chi connectivity index (χ4v) is 3.63. The number of hydrogen-bond acceptors (Lipinski definition) is 6. The van der Waals surface area contributed by atoms with E-state index in [9.17, 15) is 0 Å². The lowest BCUT2D eigenvalue weighted by molar-refractivity contribution is -0.148. The van der Waals surface area contributed by atoms with Gasteiger partial charge in [-0.2, -0.15) is 5.10 Å². The SMILES string of the molecule is Cc1cncc(CO[C@@H]2CCOC3(C2)CN(c2ccc(C)nn2)C3)c1. The predicted octanol–water partition coefficient (Wildman–Crippen LogP) is 2.44. The number of ether oxygens (including phenoxy) is 2. The third-order valence-electron chi connectivity index (χ3n) is 4.93. The van der Waals surface area contributed by atoms with Gasteiger partial charge in [0.2, 0.25) is 0 Å². The molecule has 6 heteroatoms. The van der Waals surface area contributed by atoms with Crippen molar-refractivity contribution in [3.8, 4) is 0 Å². The Morgan fingerprint density at radius 3 is 2.88 bits per heavy atom. The minimum absolute atomic E-state index is 0.0969. The second-order valence-corrected chi connectivity index (χ2v) is 7.22. The molecule has 0 amide bonds. The van der Waals surface area contributed by atoms with Gasteiger partial charge in [0.1, 0.15) is 5.60 Å². The summed E-state index contributed by atoms with van der Waals surface area (Å²) in [6.45, 7) is 7.08. The minimum Gasteiger partial charge on any atom is -0.373 e. The van der Waals surface area contributed by atoms with Crippen molar-refractivity contribution in [1.29, 1.82) is 0 Å². The average Bonchev–Trinajstić information content (AvgIpc) is 2.59. The summed E-state index contributed by atoms with van der Waals surface area (Å²) >= 11 is 0. The summed E-state index contributed by atoms with van der Waals surface area (Å²) in [5.74, 6) is 0.925. The van der Waals surface area contributed by atoms with Crippen LogP contribution in [0.5, 0.6) is 0 Å². The van der Waals surface area contributed by atoms with E-state index in [2.05, 4.69) is 33.1 Å². The fraction of sp³-hybridized carbons (Fsp3) is 0.526. The molecule has 0 saturated carbocycles. The van der Waals surface area contributed by atoms with Gasteiger partial charge in [-0.25, -0.2) is 0 Å². The highest BCUT2D eigenvalue weighted by molar-refractivity contribution is 5.43. The van der Waals surface area contributed by atoms with Crippen molar-refractivity contribution >= 4 is 5.82 Å². The maximum Gasteiger partial charge on any atom is 0.151 e. The Morgan fingerprint density at radius 2 is 2.12 bits per heavy atom. The number of aromatic nitrogens is 3. The molecule has 0 unspecified atom stereocenters. The Morgan fingerprint density at radius 1 is 1.24 bits per heavy atom. The summed E-state index contributed by atoms with van der Waals surface area (Å²) in [5, 5.41) is 8.40. The smallest absolute Gasteiger partial charge is 0.151 e. The summed E-state index contributed by atoms with van der Waals surface area (Å²) in [4.78, 5) is 6.45. The topological polar surface area (TPSA) is 60.4 Å². The third-order valence-corrected chi connectivity index (χ3v) is 4.93. The van der Waals surface area contributed by atoms with Crippen LogP contribution in [-0.4, -0.2) is 46.6 Å². The first-order valence-corrected chi connectivity index (χ1v) is 8.83. The van der Waals surface area contributed by atoms with Gasteiger partial charge < -0.3 is 14.4 Å². The van der Waals surface area contributed by atoms with Gasteiger partial charge >= 0.3 is 0 Å². The first-order valence-electron chi connectivity index (χ1n) is 8.83. The molecule has 2 aromatic rings. The lowest BCUT2D eigenvalue weighted by Crippen LogP contribution is -2.66. The average molecular weight is 340 g/mol. The molecule has 2 saturated heterocycles. The van der Waals surface area contributed by atoms with Gasteiger partial charge in [-0.3, -0.25) is 4.98 Å². The molecule has 2 aliphatic rings. The molecule has 4 rings (SSSR count). The molecule has 2 aliphatic heterocycles. The van der Waals surface area contributed by atoms with Crippen LogP contribution in [0.2, 0.25) is 0 Å². The van der Waals surface area contributed by atoms with Crippen LogP contribution in [0.1, 0.15) is 29.7 Å². The third kappa shape index (κ3) is 3.65. The number of anilines is 1. The van der Waals surface area contributed by atoms with Gasteiger partial charge in [-0.1, -0.05) is 6.07 Å². The van der Waals surface area contributed by atoms with Crippen LogP contribution in [0.3, 0.4) is 0 Å². The van der Waals surface area contributed by atoms with Gasteiger partial charge in [0.25, 0.3) is 0 Å². The van der Waals surface area contributed by atoms with Gasteiger partial charge in [0, 0.05) is 25.4 Å². The molecule has 25 heavy (non-hydrogen) atoms. The maximum atomic E-state index is 6.15. The summed E-state index contributed by atoms with van der Waals surface area (Å²) in [6.07, 6.45) is 5.86. The van der Waals surface area contributed by atoms with E-state index in [4.69, 9.17) is 9.47 Å². The highest BCUT2D eigenvalue weighted by Crippen LogP contribution is 2.37. The van der Waals surface area contributed by atoms with Gasteiger partial charge in [0.15, 0.2) is 5.82 Å². The second-order valence-electron chi connectivity index (χ2n) is 7.22. The zero-order chi connectivity index (χ0) is 17.3. The molecule has 4 heterocycles. The van der Waals surface area contributed by atoms with Crippen molar-refractivity contribution in [2.75, 3.05) is 24.6 Å². The van der Waals surface area contributed by atoms with E-state index in [1.54, 1.807) is 0 Å². The molecule has 6 nitrogen and oxygen atoms in total. The lowest BCUT2D eigenvalue weighted by Gasteiger charge is -2.53. The van der Waals surface area contributed by atoms with Crippen LogP contribution in [0.25, 0.3) is 0 Å². The molecule has 0 N–H and O–H groups in total. The number of aryl methyl sites for hydroxylation is 2. The van der Waals surface area contributed by atoms with Crippen molar-refractivity contribution in [3.05, 3.63) is 47.4 Å². The molecule has 132 valence electrons. The van der Waals surface area contributed by atoms with E-state index in [1.807, 2.05) is 31.5 Å². The molecule has 0 radical (unpaired) electrons. The maximum absolute atomic E-state index is 6.15. The molecule has 0 bridgehead atoms. The van der Waals surface area contributed by atoms with Gasteiger partial charge in [-0.05, 0) is 43.5 Å². The first kappa shape index (κ1) is 16.4. The van der Waals surface area contributed by atoms with E-state index in [1.165, 1.54) is 5.56 Å². The molecule has 0 aromatic carbocycles. The molecule has 1 atom stereocenters. The minimum atomic E-state index is -0.0969. The van der Waals surface area contributed by atoms with Crippen LogP contribution in [-0.2, 0) is 16.1 Å². The number of nitrogens with zero attached hydrogens (tertiary/aromatic N) is 4. The van der Waals surface area contributed by atoms with Crippen molar-refractivity contribution in [3.63, 3.8) is 0 Å². The number of pyridine rings is 1. The molecule has 0 aliphatic carbocycles. The normalized spacial score (nSPS) is 22.0. The van der Waals surface area contributed by atoms with E-state index in [-0.39, 0.29) is 11.7 Å². The Bertz CT molecular complexity index is 728. The molecule has 2 aromatic heterocycles.